The summed E-state index contributed by atoms with van der Waals surface area (Å²) in [5.74, 6) is 0.582. The monoisotopic (exact) mass is 305 g/mol. The van der Waals surface area contributed by atoms with Crippen molar-refractivity contribution in [2.75, 3.05) is 0 Å². The number of hydrogen-bond acceptors (Lipinski definition) is 4. The van der Waals surface area contributed by atoms with Crippen LogP contribution < -0.4 is 5.32 Å². The fourth-order valence-corrected chi connectivity index (χ4v) is 2.21. The lowest BCUT2D eigenvalue weighted by atomic mass is 10.1. The van der Waals surface area contributed by atoms with Gasteiger partial charge < -0.3 is 9.84 Å². The molecule has 0 spiro atoms. The highest BCUT2D eigenvalue weighted by Gasteiger charge is 2.14. The zero-order chi connectivity index (χ0) is 13.1. The van der Waals surface area contributed by atoms with Gasteiger partial charge in [0.15, 0.2) is 5.82 Å². The molecule has 96 valence electrons. The van der Waals surface area contributed by atoms with E-state index in [0.29, 0.717) is 27.4 Å². The molecule has 0 saturated carbocycles. The maximum Gasteiger partial charge on any atom is 0.213 e. The highest BCUT2D eigenvalue weighted by molar-refractivity contribution is 6.48. The Labute approximate surface area is 119 Å². The first-order chi connectivity index (χ1) is 8.59. The molecule has 1 aromatic carbocycles. The number of halogens is 3. The van der Waals surface area contributed by atoms with E-state index >= 15 is 0 Å². The molecule has 0 fully saturated rings. The molecular weight excluding hydrogens is 296 g/mol. The lowest BCUT2D eigenvalue weighted by Crippen LogP contribution is -2.19. The number of rotatable bonds is 4. The van der Waals surface area contributed by atoms with E-state index < -0.39 is 0 Å². The Morgan fingerprint density at radius 3 is 2.72 bits per heavy atom. The molecule has 1 aromatic heterocycles. The third kappa shape index (κ3) is 2.95. The van der Waals surface area contributed by atoms with Crippen LogP contribution in [0.25, 0.3) is 0 Å². The van der Waals surface area contributed by atoms with E-state index in [1.54, 1.807) is 6.07 Å². The Morgan fingerprint density at radius 2 is 2.06 bits per heavy atom. The molecular formula is C11H10Cl3N3O. The molecule has 2 rings (SSSR count). The van der Waals surface area contributed by atoms with Gasteiger partial charge in [-0.05, 0) is 18.6 Å². The summed E-state index contributed by atoms with van der Waals surface area (Å²) >= 11 is 18.0. The maximum atomic E-state index is 6.15. The fraction of sp³-hybridized carbons (Fsp3) is 0.273. The van der Waals surface area contributed by atoms with Crippen LogP contribution in [0.5, 0.6) is 0 Å². The topological polar surface area (TPSA) is 51.0 Å². The maximum absolute atomic E-state index is 6.15. The molecule has 4 nitrogen and oxygen atoms in total. The molecule has 0 aliphatic heterocycles. The molecule has 1 unspecified atom stereocenters. The molecule has 1 heterocycles. The molecule has 0 radical (unpaired) electrons. The Kier molecular flexibility index (Phi) is 4.45. The number of nitrogens with one attached hydrogen (secondary N) is 1. The highest BCUT2D eigenvalue weighted by Crippen LogP contribution is 2.35. The van der Waals surface area contributed by atoms with Crippen LogP contribution in [0.1, 0.15) is 24.4 Å². The zero-order valence-electron chi connectivity index (χ0n) is 9.45. The Balaban J connectivity index is 2.09. The zero-order valence-corrected chi connectivity index (χ0v) is 11.7. The minimum Gasteiger partial charge on any atom is -0.343 e. The van der Waals surface area contributed by atoms with Gasteiger partial charge in [-0.1, -0.05) is 46.0 Å². The highest BCUT2D eigenvalue weighted by atomic mass is 35.5. The summed E-state index contributed by atoms with van der Waals surface area (Å²) < 4.78 is 4.65. The summed E-state index contributed by atoms with van der Waals surface area (Å²) in [6.07, 6.45) is 1.29. The van der Waals surface area contributed by atoms with E-state index in [9.17, 15) is 0 Å². The van der Waals surface area contributed by atoms with Crippen molar-refractivity contribution in [1.29, 1.82) is 0 Å². The second-order valence-corrected chi connectivity index (χ2v) is 4.88. The van der Waals surface area contributed by atoms with Crippen molar-refractivity contribution in [3.8, 4) is 0 Å². The van der Waals surface area contributed by atoms with Gasteiger partial charge in [-0.15, -0.1) is 0 Å². The molecule has 1 atom stereocenters. The van der Waals surface area contributed by atoms with Gasteiger partial charge in [-0.3, -0.25) is 0 Å². The minimum atomic E-state index is -0.00855. The van der Waals surface area contributed by atoms with Crippen molar-refractivity contribution in [2.24, 2.45) is 0 Å². The standard InChI is InChI=1S/C11H10Cl3N3O/c1-6(15-4-9-16-5-18-17-9)7-2-3-8(12)11(14)10(7)13/h2-3,5-6,15H,4H2,1H3. The molecule has 1 N–H and O–H groups in total. The first kappa shape index (κ1) is 13.6. The molecule has 2 aromatic rings. The van der Waals surface area contributed by atoms with Gasteiger partial charge in [0.25, 0.3) is 0 Å². The number of nitrogens with zero attached hydrogens (tertiary/aromatic N) is 2. The van der Waals surface area contributed by atoms with Crippen LogP contribution in [0.15, 0.2) is 23.0 Å². The first-order valence-electron chi connectivity index (χ1n) is 5.21. The largest absolute Gasteiger partial charge is 0.343 e. The van der Waals surface area contributed by atoms with Gasteiger partial charge in [0.05, 0.1) is 21.6 Å². The SMILES string of the molecule is CC(NCc1ncon1)c1ccc(Cl)c(Cl)c1Cl. The second-order valence-electron chi connectivity index (χ2n) is 3.71. The van der Waals surface area contributed by atoms with E-state index in [1.165, 1.54) is 6.39 Å². The molecule has 18 heavy (non-hydrogen) atoms. The van der Waals surface area contributed by atoms with Crippen LogP contribution >= 0.6 is 34.8 Å². The van der Waals surface area contributed by atoms with Gasteiger partial charge in [0.2, 0.25) is 6.39 Å². The van der Waals surface area contributed by atoms with Crippen molar-refractivity contribution in [3.05, 3.63) is 45.0 Å². The predicted octanol–water partition coefficient (Wildman–Crippen LogP) is 3.88. The van der Waals surface area contributed by atoms with Crippen molar-refractivity contribution in [1.82, 2.24) is 15.5 Å². The Bertz CT molecular complexity index is 531. The predicted molar refractivity (Wildman–Crippen MR) is 71.0 cm³/mol. The Hall–Kier alpha value is -0.810. The summed E-state index contributed by atoms with van der Waals surface area (Å²) in [7, 11) is 0. The average Bonchev–Trinajstić information content (AvgIpc) is 2.86. The van der Waals surface area contributed by atoms with E-state index in [2.05, 4.69) is 20.0 Å². The third-order valence-corrected chi connectivity index (χ3v) is 3.81. The molecule has 0 amide bonds. The van der Waals surface area contributed by atoms with Gasteiger partial charge in [0, 0.05) is 6.04 Å². The average molecular weight is 307 g/mol. The van der Waals surface area contributed by atoms with E-state index in [4.69, 9.17) is 34.8 Å². The number of benzene rings is 1. The van der Waals surface area contributed by atoms with Crippen LogP contribution in [0, 0.1) is 0 Å². The minimum absolute atomic E-state index is 0.00855. The third-order valence-electron chi connectivity index (χ3n) is 2.50. The normalized spacial score (nSPS) is 12.7. The lowest BCUT2D eigenvalue weighted by molar-refractivity contribution is 0.405. The van der Waals surface area contributed by atoms with Gasteiger partial charge in [-0.25, -0.2) is 0 Å². The Morgan fingerprint density at radius 1 is 1.28 bits per heavy atom. The number of aromatic nitrogens is 2. The summed E-state index contributed by atoms with van der Waals surface area (Å²) in [6.45, 7) is 2.44. The summed E-state index contributed by atoms with van der Waals surface area (Å²) in [5, 5.41) is 8.19. The van der Waals surface area contributed by atoms with Crippen LogP contribution in [0.3, 0.4) is 0 Å². The molecule has 0 aliphatic carbocycles. The van der Waals surface area contributed by atoms with Crippen molar-refractivity contribution in [2.45, 2.75) is 19.5 Å². The summed E-state index contributed by atoms with van der Waals surface area (Å²) in [4.78, 5) is 3.92. The van der Waals surface area contributed by atoms with Crippen molar-refractivity contribution < 1.29 is 4.52 Å². The van der Waals surface area contributed by atoms with Gasteiger partial charge in [-0.2, -0.15) is 4.98 Å². The second kappa shape index (κ2) is 5.89. The van der Waals surface area contributed by atoms with Crippen LogP contribution in [0.2, 0.25) is 15.1 Å². The van der Waals surface area contributed by atoms with Crippen LogP contribution in [0.4, 0.5) is 0 Å². The van der Waals surface area contributed by atoms with Crippen LogP contribution in [-0.2, 0) is 6.54 Å². The van der Waals surface area contributed by atoms with Crippen molar-refractivity contribution in [3.63, 3.8) is 0 Å². The lowest BCUT2D eigenvalue weighted by Gasteiger charge is -2.15. The quantitative estimate of drug-likeness (QED) is 0.871. The first-order valence-corrected chi connectivity index (χ1v) is 6.35. The van der Waals surface area contributed by atoms with Crippen molar-refractivity contribution >= 4 is 34.8 Å². The molecule has 0 aliphatic rings. The fourth-order valence-electron chi connectivity index (χ4n) is 1.50. The summed E-state index contributed by atoms with van der Waals surface area (Å²) in [5.41, 5.74) is 0.870. The summed E-state index contributed by atoms with van der Waals surface area (Å²) in [6, 6.07) is 3.55. The van der Waals surface area contributed by atoms with E-state index in [1.807, 2.05) is 13.0 Å². The smallest absolute Gasteiger partial charge is 0.213 e. The van der Waals surface area contributed by atoms with E-state index in [-0.39, 0.29) is 6.04 Å². The molecule has 0 saturated heterocycles. The van der Waals surface area contributed by atoms with E-state index in [0.717, 1.165) is 5.56 Å². The van der Waals surface area contributed by atoms with Gasteiger partial charge >= 0.3 is 0 Å². The molecule has 0 bridgehead atoms. The molecule has 7 heteroatoms. The van der Waals surface area contributed by atoms with Gasteiger partial charge in [0.1, 0.15) is 0 Å². The number of hydrogen-bond donors (Lipinski definition) is 1. The van der Waals surface area contributed by atoms with Crippen LogP contribution in [-0.4, -0.2) is 10.1 Å².